The summed E-state index contributed by atoms with van der Waals surface area (Å²) in [5, 5.41) is 12.9. The first kappa shape index (κ1) is 20.8. The van der Waals surface area contributed by atoms with E-state index in [0.29, 0.717) is 6.61 Å². The Hall–Kier alpha value is 0.492. The molecule has 18 heavy (non-hydrogen) atoms. The number of unbranched alkanes of at least 4 members (excludes halogenated alkanes) is 4. The van der Waals surface area contributed by atoms with Gasteiger partial charge in [0, 0.05) is 6.61 Å². The Labute approximate surface area is 121 Å². The van der Waals surface area contributed by atoms with E-state index in [2.05, 4.69) is 27.7 Å². The van der Waals surface area contributed by atoms with Gasteiger partial charge in [0.2, 0.25) is 0 Å². The van der Waals surface area contributed by atoms with Gasteiger partial charge in [0.1, 0.15) is 0 Å². The molecule has 0 aliphatic rings. The summed E-state index contributed by atoms with van der Waals surface area (Å²) in [4.78, 5) is 0. The van der Waals surface area contributed by atoms with E-state index < -0.39 is 0 Å². The van der Waals surface area contributed by atoms with E-state index in [-0.39, 0.29) is 14.1 Å². The number of rotatable bonds is 11. The Morgan fingerprint density at radius 2 is 0.944 bits per heavy atom. The van der Waals surface area contributed by atoms with Gasteiger partial charge >= 0.3 is 0 Å². The van der Waals surface area contributed by atoms with Crippen molar-refractivity contribution in [2.75, 3.05) is 6.61 Å². The molecule has 0 atom stereocenters. The zero-order valence-corrected chi connectivity index (χ0v) is 14.7. The molecule has 0 bridgehead atoms. The lowest BCUT2D eigenvalue weighted by Crippen LogP contribution is -2.11. The molecule has 0 fully saturated rings. The summed E-state index contributed by atoms with van der Waals surface area (Å²) in [5.74, 6) is 0. The molecular formula is C16H37AlO. The normalized spacial score (nSPS) is 9.83. The van der Waals surface area contributed by atoms with Crippen LogP contribution >= 0.6 is 0 Å². The number of hydrogen-bond donors (Lipinski definition) is 1. The van der Waals surface area contributed by atoms with E-state index in [0.717, 1.165) is 12.8 Å². The average Bonchev–Trinajstić information content (AvgIpc) is 2.39. The summed E-state index contributed by atoms with van der Waals surface area (Å²) in [5.41, 5.74) is 0. The van der Waals surface area contributed by atoms with Crippen LogP contribution in [0.1, 0.15) is 79.1 Å². The summed E-state index contributed by atoms with van der Waals surface area (Å²) in [7, 11) is 0. The molecule has 1 N–H and O–H groups in total. The van der Waals surface area contributed by atoms with Crippen molar-refractivity contribution in [1.29, 1.82) is 0 Å². The minimum Gasteiger partial charge on any atom is -0.396 e. The number of aliphatic hydroxyl groups excluding tert-OH is 1. The van der Waals surface area contributed by atoms with E-state index >= 15 is 0 Å². The molecule has 0 aromatic heterocycles. The quantitative estimate of drug-likeness (QED) is 0.481. The van der Waals surface area contributed by atoms with E-state index in [1.165, 1.54) is 38.5 Å². The molecule has 110 valence electrons. The largest absolute Gasteiger partial charge is 0.396 e. The third kappa shape index (κ3) is 18.8. The molecule has 2 heteroatoms. The molecule has 1 nitrogen and oxygen atoms in total. The average molecular weight is 272 g/mol. The Kier molecular flexibility index (Phi) is 22.9. The maximum absolute atomic E-state index is 8.07. The molecule has 0 saturated carbocycles. The Bertz CT molecular complexity index is 107. The lowest BCUT2D eigenvalue weighted by atomic mass is 10.4. The topological polar surface area (TPSA) is 20.2 Å². The highest BCUT2D eigenvalue weighted by Crippen LogP contribution is 2.16. The third-order valence-electron chi connectivity index (χ3n) is 3.41. The van der Waals surface area contributed by atoms with Crippen molar-refractivity contribution in [1.82, 2.24) is 0 Å². The van der Waals surface area contributed by atoms with Crippen molar-refractivity contribution in [3.05, 3.63) is 0 Å². The van der Waals surface area contributed by atoms with Crippen molar-refractivity contribution in [2.45, 2.75) is 94.9 Å². The van der Waals surface area contributed by atoms with Crippen LogP contribution in [0.2, 0.25) is 15.8 Å². The molecule has 0 aromatic carbocycles. The van der Waals surface area contributed by atoms with Crippen LogP contribution in [-0.2, 0) is 0 Å². The molecule has 0 radical (unpaired) electrons. The van der Waals surface area contributed by atoms with Crippen LogP contribution in [0, 0.1) is 0 Å². The van der Waals surface area contributed by atoms with Crippen molar-refractivity contribution in [3.8, 4) is 0 Å². The van der Waals surface area contributed by atoms with Crippen molar-refractivity contribution < 1.29 is 5.11 Å². The molecule has 0 amide bonds. The fourth-order valence-corrected chi connectivity index (χ4v) is 5.89. The number of hydrogen-bond acceptors (Lipinski definition) is 1. The molecular weight excluding hydrogens is 235 g/mol. The van der Waals surface area contributed by atoms with Gasteiger partial charge in [-0.25, -0.2) is 0 Å². The lowest BCUT2D eigenvalue weighted by Gasteiger charge is -2.09. The zero-order valence-electron chi connectivity index (χ0n) is 13.5. The summed E-state index contributed by atoms with van der Waals surface area (Å²) >= 11 is -0.287. The summed E-state index contributed by atoms with van der Waals surface area (Å²) in [6.45, 7) is 9.37. The SMILES string of the molecule is CCCCO.CCC[CH2][Al]([CH2]CCC)[CH2]CCC. The van der Waals surface area contributed by atoms with Gasteiger partial charge in [-0.2, -0.15) is 0 Å². The molecule has 0 aliphatic heterocycles. The van der Waals surface area contributed by atoms with Gasteiger partial charge in [-0.1, -0.05) is 88.5 Å². The maximum Gasteiger partial charge on any atom is 0.261 e. The first-order valence-corrected chi connectivity index (χ1v) is 10.8. The predicted molar refractivity (Wildman–Crippen MR) is 86.9 cm³/mol. The zero-order chi connectivity index (χ0) is 14.1. The van der Waals surface area contributed by atoms with Crippen molar-refractivity contribution in [3.63, 3.8) is 0 Å². The van der Waals surface area contributed by atoms with Crippen LogP contribution in [-0.4, -0.2) is 25.9 Å². The molecule has 0 aliphatic carbocycles. The van der Waals surface area contributed by atoms with Crippen LogP contribution in [0.15, 0.2) is 0 Å². The highest BCUT2D eigenvalue weighted by molar-refractivity contribution is 6.58. The van der Waals surface area contributed by atoms with Gasteiger partial charge in [-0.3, -0.25) is 0 Å². The first-order valence-electron chi connectivity index (χ1n) is 8.37. The minimum absolute atomic E-state index is 0.287. The van der Waals surface area contributed by atoms with Crippen LogP contribution in [0.3, 0.4) is 0 Å². The molecule has 0 spiro atoms. The van der Waals surface area contributed by atoms with Crippen LogP contribution in [0.4, 0.5) is 0 Å². The highest BCUT2D eigenvalue weighted by Gasteiger charge is 2.14. The third-order valence-corrected chi connectivity index (χ3v) is 7.08. The van der Waals surface area contributed by atoms with Gasteiger partial charge in [0.25, 0.3) is 14.1 Å². The van der Waals surface area contributed by atoms with Crippen LogP contribution in [0.25, 0.3) is 0 Å². The minimum atomic E-state index is -0.287. The molecule has 0 unspecified atom stereocenters. The van der Waals surface area contributed by atoms with E-state index in [4.69, 9.17) is 5.11 Å². The smallest absolute Gasteiger partial charge is 0.261 e. The maximum atomic E-state index is 8.07. The second kappa shape index (κ2) is 19.8. The van der Waals surface area contributed by atoms with Crippen LogP contribution in [0.5, 0.6) is 0 Å². The Morgan fingerprint density at radius 3 is 1.11 bits per heavy atom. The monoisotopic (exact) mass is 272 g/mol. The van der Waals surface area contributed by atoms with Gasteiger partial charge in [0.05, 0.1) is 0 Å². The Balaban J connectivity index is 0. The second-order valence-corrected chi connectivity index (χ2v) is 8.83. The molecule has 0 saturated heterocycles. The highest BCUT2D eigenvalue weighted by atomic mass is 27.2. The standard InChI is InChI=1S/C4H10O.3C4H9.Al/c1-2-3-4-5;3*1-3-4-2;/h5H,2-4H2,1H3;3*1,3-4H2,2H3;. The van der Waals surface area contributed by atoms with Gasteiger partial charge in [-0.05, 0) is 6.42 Å². The Morgan fingerprint density at radius 1 is 0.611 bits per heavy atom. The summed E-state index contributed by atoms with van der Waals surface area (Å²) in [6.07, 6.45) is 10.8. The second-order valence-electron chi connectivity index (χ2n) is 5.37. The van der Waals surface area contributed by atoms with Crippen molar-refractivity contribution >= 4 is 14.1 Å². The molecule has 0 aromatic rings. The first-order chi connectivity index (χ1) is 8.76. The van der Waals surface area contributed by atoms with E-state index in [1.54, 1.807) is 15.8 Å². The van der Waals surface area contributed by atoms with E-state index in [9.17, 15) is 0 Å². The lowest BCUT2D eigenvalue weighted by molar-refractivity contribution is 0.287. The van der Waals surface area contributed by atoms with Gasteiger partial charge in [0.15, 0.2) is 0 Å². The fourth-order valence-electron chi connectivity index (χ4n) is 2.07. The fraction of sp³-hybridized carbons (Fsp3) is 1.00. The van der Waals surface area contributed by atoms with Gasteiger partial charge in [-0.15, -0.1) is 0 Å². The van der Waals surface area contributed by atoms with Gasteiger partial charge < -0.3 is 5.11 Å². The predicted octanol–water partition coefficient (Wildman–Crippen LogP) is 5.66. The van der Waals surface area contributed by atoms with Crippen molar-refractivity contribution in [2.24, 2.45) is 0 Å². The summed E-state index contributed by atoms with van der Waals surface area (Å²) < 4.78 is 0. The molecule has 0 rings (SSSR count). The molecule has 0 heterocycles. The van der Waals surface area contributed by atoms with Crippen LogP contribution < -0.4 is 0 Å². The summed E-state index contributed by atoms with van der Waals surface area (Å²) in [6, 6.07) is 0. The number of aliphatic hydroxyl groups is 1. The van der Waals surface area contributed by atoms with E-state index in [1.807, 2.05) is 0 Å².